The summed E-state index contributed by atoms with van der Waals surface area (Å²) in [4.78, 5) is 27.2. The van der Waals surface area contributed by atoms with Gasteiger partial charge in [-0.3, -0.25) is 9.59 Å². The number of aromatic nitrogens is 1. The van der Waals surface area contributed by atoms with Gasteiger partial charge in [-0.2, -0.15) is 0 Å². The standard InChI is InChI=1S/C24H28ClN3O4/c1-3-32-22(30)14-28-24(31)20-9-5-8-19-17(12-27-23(19)20)10-15(2)26-13-21(29)16-6-4-7-18(25)11-16/h4-9,11-12,15,21,26-27,29H,3,10,13-14H2,1-2H3,(H,28,31)/t15-,21+/m1/s1. The Hall–Kier alpha value is -2.87. The number of rotatable bonds is 10. The van der Waals surface area contributed by atoms with E-state index in [0.29, 0.717) is 23.6 Å². The fourth-order valence-electron chi connectivity index (χ4n) is 3.58. The molecule has 0 spiro atoms. The summed E-state index contributed by atoms with van der Waals surface area (Å²) in [5.74, 6) is -0.812. The van der Waals surface area contributed by atoms with E-state index in [1.807, 2.05) is 37.4 Å². The van der Waals surface area contributed by atoms with Crippen LogP contribution in [0.25, 0.3) is 10.9 Å². The van der Waals surface area contributed by atoms with Gasteiger partial charge in [0.15, 0.2) is 0 Å². The molecule has 0 aliphatic carbocycles. The van der Waals surface area contributed by atoms with Crippen LogP contribution in [0.4, 0.5) is 0 Å². The summed E-state index contributed by atoms with van der Waals surface area (Å²) < 4.78 is 4.84. The molecule has 1 heterocycles. The van der Waals surface area contributed by atoms with Gasteiger partial charge in [0, 0.05) is 29.2 Å². The lowest BCUT2D eigenvalue weighted by Crippen LogP contribution is -2.32. The number of aliphatic hydroxyl groups is 1. The fourth-order valence-corrected chi connectivity index (χ4v) is 3.78. The third-order valence-electron chi connectivity index (χ3n) is 5.16. The molecule has 2 atom stereocenters. The molecule has 2 aromatic carbocycles. The minimum absolute atomic E-state index is 0.0872. The Morgan fingerprint density at radius 3 is 2.75 bits per heavy atom. The molecule has 0 bridgehead atoms. The summed E-state index contributed by atoms with van der Waals surface area (Å²) >= 11 is 6.00. The zero-order chi connectivity index (χ0) is 23.1. The molecule has 4 N–H and O–H groups in total. The number of carbonyl (C=O) groups excluding carboxylic acids is 2. The number of hydrogen-bond donors (Lipinski definition) is 4. The number of ether oxygens (including phenoxy) is 1. The lowest BCUT2D eigenvalue weighted by molar-refractivity contribution is -0.141. The first-order chi connectivity index (χ1) is 15.4. The summed E-state index contributed by atoms with van der Waals surface area (Å²) in [6.07, 6.45) is 1.93. The van der Waals surface area contributed by atoms with Gasteiger partial charge in [-0.25, -0.2) is 0 Å². The first-order valence-corrected chi connectivity index (χ1v) is 11.0. The molecule has 0 radical (unpaired) electrons. The molecule has 0 saturated carbocycles. The third kappa shape index (κ3) is 6.09. The van der Waals surface area contributed by atoms with Crippen molar-refractivity contribution in [3.63, 3.8) is 0 Å². The van der Waals surface area contributed by atoms with Crippen molar-refractivity contribution in [3.05, 3.63) is 70.4 Å². The number of aliphatic hydroxyl groups excluding tert-OH is 1. The number of aromatic amines is 1. The maximum atomic E-state index is 12.5. The molecular weight excluding hydrogens is 430 g/mol. The Labute approximate surface area is 192 Å². The number of benzene rings is 2. The van der Waals surface area contributed by atoms with E-state index < -0.39 is 12.1 Å². The van der Waals surface area contributed by atoms with Gasteiger partial charge < -0.3 is 25.5 Å². The van der Waals surface area contributed by atoms with Crippen molar-refractivity contribution in [2.24, 2.45) is 0 Å². The largest absolute Gasteiger partial charge is 0.465 e. The van der Waals surface area contributed by atoms with Gasteiger partial charge >= 0.3 is 5.97 Å². The molecule has 7 nitrogen and oxygen atoms in total. The number of fused-ring (bicyclic) bond motifs is 1. The topological polar surface area (TPSA) is 103 Å². The van der Waals surface area contributed by atoms with Gasteiger partial charge in [-0.15, -0.1) is 0 Å². The van der Waals surface area contributed by atoms with Gasteiger partial charge in [0.1, 0.15) is 6.54 Å². The van der Waals surface area contributed by atoms with E-state index in [0.717, 1.165) is 22.0 Å². The van der Waals surface area contributed by atoms with Gasteiger partial charge in [0.2, 0.25) is 0 Å². The molecular formula is C24H28ClN3O4. The van der Waals surface area contributed by atoms with Crippen molar-refractivity contribution in [1.82, 2.24) is 15.6 Å². The van der Waals surface area contributed by atoms with Crippen molar-refractivity contribution in [2.75, 3.05) is 19.7 Å². The van der Waals surface area contributed by atoms with E-state index in [9.17, 15) is 14.7 Å². The zero-order valence-corrected chi connectivity index (χ0v) is 18.9. The quantitative estimate of drug-likeness (QED) is 0.349. The third-order valence-corrected chi connectivity index (χ3v) is 5.40. The second kappa shape index (κ2) is 11.1. The first-order valence-electron chi connectivity index (χ1n) is 10.6. The molecule has 0 aliphatic heterocycles. The number of carbonyl (C=O) groups is 2. The normalized spacial score (nSPS) is 13.0. The van der Waals surface area contributed by atoms with Crippen LogP contribution in [-0.4, -0.2) is 47.7 Å². The van der Waals surface area contributed by atoms with Crippen molar-refractivity contribution in [2.45, 2.75) is 32.4 Å². The number of para-hydroxylation sites is 1. The SMILES string of the molecule is CCOC(=O)CNC(=O)c1cccc2c(C[C@@H](C)NC[C@H](O)c3cccc(Cl)c3)c[nH]c12. The highest BCUT2D eigenvalue weighted by atomic mass is 35.5. The van der Waals surface area contributed by atoms with Crippen LogP contribution in [-0.2, 0) is 16.0 Å². The molecule has 0 unspecified atom stereocenters. The number of hydrogen-bond acceptors (Lipinski definition) is 5. The van der Waals surface area contributed by atoms with Crippen LogP contribution in [0.1, 0.15) is 41.4 Å². The van der Waals surface area contributed by atoms with E-state index >= 15 is 0 Å². The minimum atomic E-state index is -0.659. The number of esters is 1. The summed E-state index contributed by atoms with van der Waals surface area (Å²) in [6.45, 7) is 4.25. The molecule has 3 rings (SSSR count). The molecule has 1 aromatic heterocycles. The Balaban J connectivity index is 1.62. The predicted molar refractivity (Wildman–Crippen MR) is 125 cm³/mol. The highest BCUT2D eigenvalue weighted by molar-refractivity contribution is 6.30. The summed E-state index contributed by atoms with van der Waals surface area (Å²) in [5.41, 5.74) is 3.00. The lowest BCUT2D eigenvalue weighted by Gasteiger charge is -2.17. The van der Waals surface area contributed by atoms with Gasteiger partial charge in [-0.1, -0.05) is 35.9 Å². The van der Waals surface area contributed by atoms with Crippen LogP contribution in [0.5, 0.6) is 0 Å². The number of H-pyrrole nitrogens is 1. The van der Waals surface area contributed by atoms with E-state index in [2.05, 4.69) is 15.6 Å². The lowest BCUT2D eigenvalue weighted by atomic mass is 10.0. The van der Waals surface area contributed by atoms with E-state index in [-0.39, 0.29) is 25.1 Å². The molecule has 8 heteroatoms. The molecule has 32 heavy (non-hydrogen) atoms. The molecule has 0 aliphatic rings. The van der Waals surface area contributed by atoms with E-state index in [1.165, 1.54) is 0 Å². The van der Waals surface area contributed by atoms with Gasteiger partial charge in [0.05, 0.1) is 23.8 Å². The average Bonchev–Trinajstić information content (AvgIpc) is 3.18. The molecule has 170 valence electrons. The first kappa shape index (κ1) is 23.8. The average molecular weight is 458 g/mol. The van der Waals surface area contributed by atoms with Crippen molar-refractivity contribution < 1.29 is 19.4 Å². The summed E-state index contributed by atoms with van der Waals surface area (Å²) in [6, 6.07) is 12.8. The number of halogens is 1. The Morgan fingerprint density at radius 1 is 1.22 bits per heavy atom. The van der Waals surface area contributed by atoms with Crippen molar-refractivity contribution >= 4 is 34.4 Å². The smallest absolute Gasteiger partial charge is 0.325 e. The minimum Gasteiger partial charge on any atom is -0.465 e. The Kier molecular flexibility index (Phi) is 8.27. The van der Waals surface area contributed by atoms with Crippen LogP contribution >= 0.6 is 11.6 Å². The maximum Gasteiger partial charge on any atom is 0.325 e. The summed E-state index contributed by atoms with van der Waals surface area (Å²) in [5, 5.41) is 17.9. The second-order valence-corrected chi connectivity index (χ2v) is 8.05. The van der Waals surface area contributed by atoms with Gasteiger partial charge in [0.25, 0.3) is 5.91 Å². The van der Waals surface area contributed by atoms with E-state index in [1.54, 1.807) is 25.1 Å². The van der Waals surface area contributed by atoms with Crippen LogP contribution < -0.4 is 10.6 Å². The highest BCUT2D eigenvalue weighted by Crippen LogP contribution is 2.23. The van der Waals surface area contributed by atoms with Crippen LogP contribution in [0.2, 0.25) is 5.02 Å². The van der Waals surface area contributed by atoms with Gasteiger partial charge in [-0.05, 0) is 49.6 Å². The number of amides is 1. The molecule has 0 saturated heterocycles. The molecule has 0 fully saturated rings. The fraction of sp³-hybridized carbons (Fsp3) is 0.333. The van der Waals surface area contributed by atoms with Crippen molar-refractivity contribution in [1.29, 1.82) is 0 Å². The second-order valence-electron chi connectivity index (χ2n) is 7.61. The maximum absolute atomic E-state index is 12.5. The van der Waals surface area contributed by atoms with Crippen LogP contribution in [0.3, 0.4) is 0 Å². The Bertz CT molecular complexity index is 1080. The summed E-state index contributed by atoms with van der Waals surface area (Å²) in [7, 11) is 0. The molecule has 1 amide bonds. The zero-order valence-electron chi connectivity index (χ0n) is 18.2. The van der Waals surface area contributed by atoms with E-state index in [4.69, 9.17) is 16.3 Å². The monoisotopic (exact) mass is 457 g/mol. The van der Waals surface area contributed by atoms with Crippen LogP contribution in [0.15, 0.2) is 48.7 Å². The Morgan fingerprint density at radius 2 is 2.00 bits per heavy atom. The number of nitrogens with one attached hydrogen (secondary N) is 3. The predicted octanol–water partition coefficient (Wildman–Crippen LogP) is 3.37. The van der Waals surface area contributed by atoms with Crippen LogP contribution in [0, 0.1) is 0 Å². The van der Waals surface area contributed by atoms with Crippen molar-refractivity contribution in [3.8, 4) is 0 Å². The highest BCUT2D eigenvalue weighted by Gasteiger charge is 2.16. The molecule has 3 aromatic rings.